The molecule has 21 heavy (non-hydrogen) atoms. The van der Waals surface area contributed by atoms with Gasteiger partial charge in [-0.3, -0.25) is 4.79 Å². The molecule has 1 aliphatic rings. The third-order valence-corrected chi connectivity index (χ3v) is 3.66. The van der Waals surface area contributed by atoms with Gasteiger partial charge in [0.1, 0.15) is 12.4 Å². The van der Waals surface area contributed by atoms with Crippen LogP contribution in [-0.2, 0) is 4.74 Å². The van der Waals surface area contributed by atoms with Crippen LogP contribution in [-0.4, -0.2) is 48.3 Å². The van der Waals surface area contributed by atoms with Gasteiger partial charge in [-0.25, -0.2) is 4.39 Å². The number of ether oxygens (including phenoxy) is 1. The van der Waals surface area contributed by atoms with Crippen molar-refractivity contribution in [3.8, 4) is 11.8 Å². The van der Waals surface area contributed by atoms with Gasteiger partial charge in [-0.2, -0.15) is 0 Å². The van der Waals surface area contributed by atoms with E-state index < -0.39 is 5.82 Å². The normalized spacial score (nSPS) is 20.8. The number of rotatable bonds is 2. The summed E-state index contributed by atoms with van der Waals surface area (Å²) in [5, 5.41) is 8.68. The van der Waals surface area contributed by atoms with Gasteiger partial charge in [0.05, 0.1) is 17.7 Å². The minimum atomic E-state index is -0.576. The summed E-state index contributed by atoms with van der Waals surface area (Å²) in [6.45, 7) is 2.23. The molecule has 1 heterocycles. The number of carbonyl (C=O) groups excluding carboxylic acids is 1. The molecule has 0 radical (unpaired) electrons. The van der Waals surface area contributed by atoms with Crippen LogP contribution in [0.4, 0.5) is 4.39 Å². The summed E-state index contributed by atoms with van der Waals surface area (Å²) in [5.74, 6) is 4.19. The number of aliphatic hydroxyl groups is 1. The molecule has 4 nitrogen and oxygen atoms in total. The quantitative estimate of drug-likeness (QED) is 0.838. The Bertz CT molecular complexity index is 591. The Morgan fingerprint density at radius 2 is 2.33 bits per heavy atom. The number of aliphatic hydroxyl groups excluding tert-OH is 1. The molecular weight excluding hydrogens is 273 g/mol. The molecule has 2 atom stereocenters. The fourth-order valence-electron chi connectivity index (χ4n) is 2.48. The maximum atomic E-state index is 13.9. The molecule has 1 aromatic rings. The van der Waals surface area contributed by atoms with Crippen molar-refractivity contribution < 1.29 is 19.0 Å². The van der Waals surface area contributed by atoms with Gasteiger partial charge in [0.25, 0.3) is 5.91 Å². The summed E-state index contributed by atoms with van der Waals surface area (Å²) in [5.41, 5.74) is 0.485. The average Bonchev–Trinajstić information content (AvgIpc) is 2.91. The molecule has 1 fully saturated rings. The van der Waals surface area contributed by atoms with Crippen LogP contribution in [0.15, 0.2) is 18.2 Å². The van der Waals surface area contributed by atoms with Gasteiger partial charge in [0, 0.05) is 19.2 Å². The van der Waals surface area contributed by atoms with E-state index in [2.05, 4.69) is 11.8 Å². The third kappa shape index (κ3) is 3.41. The molecule has 1 aliphatic heterocycles. The number of amides is 1. The highest BCUT2D eigenvalue weighted by Gasteiger charge is 2.31. The van der Waals surface area contributed by atoms with Crippen LogP contribution in [0.5, 0.6) is 0 Å². The third-order valence-electron chi connectivity index (χ3n) is 3.66. The molecule has 2 unspecified atom stereocenters. The standard InChI is InChI=1S/C16H18FNO3/c1-11-15(7-9-21-11)18(2)16(20)13-10-12(4-3-8-19)5-6-14(13)17/h5-6,10-11,15,19H,7-9H2,1-2H3. The van der Waals surface area contributed by atoms with E-state index in [9.17, 15) is 9.18 Å². The zero-order valence-corrected chi connectivity index (χ0v) is 12.1. The summed E-state index contributed by atoms with van der Waals surface area (Å²) in [6.07, 6.45) is 0.689. The Labute approximate surface area is 123 Å². The molecule has 5 heteroatoms. The number of nitrogens with zero attached hydrogens (tertiary/aromatic N) is 1. The zero-order chi connectivity index (χ0) is 15.4. The zero-order valence-electron chi connectivity index (χ0n) is 12.1. The van der Waals surface area contributed by atoms with Gasteiger partial charge in [0.2, 0.25) is 0 Å². The number of halogens is 1. The van der Waals surface area contributed by atoms with E-state index in [1.54, 1.807) is 7.05 Å². The highest BCUT2D eigenvalue weighted by Crippen LogP contribution is 2.21. The van der Waals surface area contributed by atoms with E-state index in [1.165, 1.54) is 23.1 Å². The maximum absolute atomic E-state index is 13.9. The Hall–Kier alpha value is -1.90. The second-order valence-electron chi connectivity index (χ2n) is 5.00. The summed E-state index contributed by atoms with van der Waals surface area (Å²) in [6, 6.07) is 4.06. The van der Waals surface area contributed by atoms with Gasteiger partial charge >= 0.3 is 0 Å². The monoisotopic (exact) mass is 291 g/mol. The lowest BCUT2D eigenvalue weighted by molar-refractivity contribution is 0.0571. The Balaban J connectivity index is 2.25. The van der Waals surface area contributed by atoms with Crippen molar-refractivity contribution in [1.29, 1.82) is 0 Å². The highest BCUT2D eigenvalue weighted by atomic mass is 19.1. The van der Waals surface area contributed by atoms with E-state index in [0.29, 0.717) is 12.2 Å². The molecule has 0 bridgehead atoms. The summed E-state index contributed by atoms with van der Waals surface area (Å²) >= 11 is 0. The first-order valence-corrected chi connectivity index (χ1v) is 6.82. The van der Waals surface area contributed by atoms with Crippen molar-refractivity contribution in [1.82, 2.24) is 4.90 Å². The predicted molar refractivity (Wildman–Crippen MR) is 76.3 cm³/mol. The molecular formula is C16H18FNO3. The molecule has 1 amide bonds. The lowest BCUT2D eigenvalue weighted by atomic mass is 10.1. The van der Waals surface area contributed by atoms with Crippen LogP contribution in [0.3, 0.4) is 0 Å². The van der Waals surface area contributed by atoms with E-state index in [4.69, 9.17) is 9.84 Å². The van der Waals surface area contributed by atoms with Crippen LogP contribution >= 0.6 is 0 Å². The van der Waals surface area contributed by atoms with Crippen molar-refractivity contribution in [2.75, 3.05) is 20.3 Å². The van der Waals surface area contributed by atoms with Gasteiger partial charge in [0.15, 0.2) is 0 Å². The molecule has 0 aliphatic carbocycles. The highest BCUT2D eigenvalue weighted by molar-refractivity contribution is 5.95. The summed E-state index contributed by atoms with van der Waals surface area (Å²) in [7, 11) is 1.66. The van der Waals surface area contributed by atoms with Gasteiger partial charge in [-0.15, -0.1) is 0 Å². The summed E-state index contributed by atoms with van der Waals surface area (Å²) in [4.78, 5) is 14.0. The number of hydrogen-bond donors (Lipinski definition) is 1. The Kier molecular flexibility index (Phi) is 4.94. The minimum absolute atomic E-state index is 0.0126. The molecule has 1 aromatic carbocycles. The van der Waals surface area contributed by atoms with Gasteiger partial charge in [-0.1, -0.05) is 11.8 Å². The lowest BCUT2D eigenvalue weighted by Crippen LogP contribution is -2.41. The van der Waals surface area contributed by atoms with Crippen molar-refractivity contribution in [2.45, 2.75) is 25.5 Å². The van der Waals surface area contributed by atoms with Gasteiger partial charge in [-0.05, 0) is 31.5 Å². The number of carbonyl (C=O) groups is 1. The molecule has 0 aromatic heterocycles. The minimum Gasteiger partial charge on any atom is -0.384 e. The first kappa shape index (κ1) is 15.5. The van der Waals surface area contributed by atoms with Crippen LogP contribution in [0.1, 0.15) is 29.3 Å². The molecule has 1 saturated heterocycles. The SMILES string of the molecule is CC1OCCC1N(C)C(=O)c1cc(C#CCO)ccc1F. The predicted octanol–water partition coefficient (Wildman–Crippen LogP) is 1.42. The topological polar surface area (TPSA) is 49.8 Å². The van der Waals surface area contributed by atoms with Crippen molar-refractivity contribution in [3.63, 3.8) is 0 Å². The van der Waals surface area contributed by atoms with Crippen LogP contribution in [0.25, 0.3) is 0 Å². The molecule has 2 rings (SSSR count). The van der Waals surface area contributed by atoms with Crippen LogP contribution in [0, 0.1) is 17.7 Å². The van der Waals surface area contributed by atoms with E-state index in [1.807, 2.05) is 6.92 Å². The molecule has 0 saturated carbocycles. The number of hydrogen-bond acceptors (Lipinski definition) is 3. The fraction of sp³-hybridized carbons (Fsp3) is 0.438. The fourth-order valence-corrected chi connectivity index (χ4v) is 2.48. The number of benzene rings is 1. The second-order valence-corrected chi connectivity index (χ2v) is 5.00. The van der Waals surface area contributed by atoms with Crippen molar-refractivity contribution in [3.05, 3.63) is 35.1 Å². The van der Waals surface area contributed by atoms with Crippen LogP contribution < -0.4 is 0 Å². The molecule has 0 spiro atoms. The largest absolute Gasteiger partial charge is 0.384 e. The van der Waals surface area contributed by atoms with Crippen molar-refractivity contribution in [2.24, 2.45) is 0 Å². The van der Waals surface area contributed by atoms with E-state index in [-0.39, 0.29) is 30.2 Å². The van der Waals surface area contributed by atoms with Crippen LogP contribution in [0.2, 0.25) is 0 Å². The Morgan fingerprint density at radius 1 is 1.57 bits per heavy atom. The van der Waals surface area contributed by atoms with Gasteiger partial charge < -0.3 is 14.7 Å². The number of likely N-dealkylation sites (N-methyl/N-ethyl adjacent to an activating group) is 1. The average molecular weight is 291 g/mol. The van der Waals surface area contributed by atoms with Crippen molar-refractivity contribution >= 4 is 5.91 Å². The first-order chi connectivity index (χ1) is 10.0. The lowest BCUT2D eigenvalue weighted by Gasteiger charge is -2.27. The first-order valence-electron chi connectivity index (χ1n) is 6.82. The maximum Gasteiger partial charge on any atom is 0.256 e. The second kappa shape index (κ2) is 6.70. The van der Waals surface area contributed by atoms with E-state index >= 15 is 0 Å². The smallest absolute Gasteiger partial charge is 0.256 e. The Morgan fingerprint density at radius 3 is 2.95 bits per heavy atom. The van der Waals surface area contributed by atoms with E-state index in [0.717, 1.165) is 6.42 Å². The molecule has 112 valence electrons. The summed E-state index contributed by atoms with van der Waals surface area (Å²) < 4.78 is 19.4. The molecule has 1 N–H and O–H groups in total.